The molecule has 0 unspecified atom stereocenters. The number of hydrogen-bond acceptors (Lipinski definition) is 11. The monoisotopic (exact) mass is 424 g/mol. The van der Waals surface area contributed by atoms with Crippen molar-refractivity contribution in [3.63, 3.8) is 0 Å². The summed E-state index contributed by atoms with van der Waals surface area (Å²) < 4.78 is 2.79. The molecule has 0 radical (unpaired) electrons. The first-order valence-corrected chi connectivity index (χ1v) is 8.81. The molecule has 7 N–H and O–H groups in total. The third kappa shape index (κ3) is 4.64. The number of aromatic carboxylic acids is 1. The number of carboxylic acids is 1. The Morgan fingerprint density at radius 1 is 0.935 bits per heavy atom. The van der Waals surface area contributed by atoms with Gasteiger partial charge < -0.3 is 27.2 Å². The van der Waals surface area contributed by atoms with Crippen LogP contribution in [0.5, 0.6) is 0 Å². The van der Waals surface area contributed by atoms with Crippen molar-refractivity contribution in [2.75, 3.05) is 36.2 Å². The molecule has 31 heavy (non-hydrogen) atoms. The number of nitrogen functional groups attached to an aromatic ring is 2. The quantitative estimate of drug-likeness (QED) is 0.293. The van der Waals surface area contributed by atoms with Crippen LogP contribution >= 0.6 is 0 Å². The van der Waals surface area contributed by atoms with Crippen molar-refractivity contribution in [2.24, 2.45) is 0 Å². The fraction of sp³-hybridized carbons (Fsp3) is 0.118. The largest absolute Gasteiger partial charge is 0.477 e. The lowest BCUT2D eigenvalue weighted by atomic mass is 10.3. The number of carboxylic acid groups (broad SMARTS) is 1. The zero-order valence-corrected chi connectivity index (χ0v) is 16.6. The summed E-state index contributed by atoms with van der Waals surface area (Å²) in [6.45, 7) is 0. The van der Waals surface area contributed by atoms with E-state index >= 15 is 0 Å². The van der Waals surface area contributed by atoms with Crippen LogP contribution in [0.4, 0.5) is 23.3 Å². The second-order valence-electron chi connectivity index (χ2n) is 5.85. The number of anilines is 4. The number of aromatic nitrogens is 8. The van der Waals surface area contributed by atoms with Gasteiger partial charge in [-0.2, -0.15) is 19.6 Å². The van der Waals surface area contributed by atoms with Crippen LogP contribution in [-0.2, 0) is 0 Å². The molecule has 0 aliphatic heterocycles. The molecule has 4 rings (SSSR count). The van der Waals surface area contributed by atoms with Gasteiger partial charge in [-0.15, -0.1) is 0 Å². The second kappa shape index (κ2) is 9.17. The van der Waals surface area contributed by atoms with Crippen LogP contribution in [0.25, 0.3) is 11.6 Å². The fourth-order valence-electron chi connectivity index (χ4n) is 2.41. The Morgan fingerprint density at radius 2 is 1.52 bits per heavy atom. The van der Waals surface area contributed by atoms with E-state index in [1.54, 1.807) is 43.2 Å². The van der Waals surface area contributed by atoms with E-state index in [2.05, 4.69) is 40.8 Å². The van der Waals surface area contributed by atoms with Crippen LogP contribution < -0.4 is 22.1 Å². The summed E-state index contributed by atoms with van der Waals surface area (Å²) in [6.07, 6.45) is 5.60. The molecular formula is C17H20N12O2. The van der Waals surface area contributed by atoms with E-state index in [1.807, 2.05) is 0 Å². The number of rotatable bonds is 5. The van der Waals surface area contributed by atoms with Crippen molar-refractivity contribution < 1.29 is 9.90 Å². The minimum atomic E-state index is -1.13. The summed E-state index contributed by atoms with van der Waals surface area (Å²) in [4.78, 5) is 26.8. The minimum Gasteiger partial charge on any atom is -0.477 e. The Kier molecular flexibility index (Phi) is 6.20. The summed E-state index contributed by atoms with van der Waals surface area (Å²) in [6, 6.07) is 5.08. The van der Waals surface area contributed by atoms with E-state index in [4.69, 9.17) is 16.6 Å². The predicted octanol–water partition coefficient (Wildman–Crippen LogP) is 0.271. The van der Waals surface area contributed by atoms with Crippen molar-refractivity contribution in [3.8, 4) is 11.6 Å². The van der Waals surface area contributed by atoms with E-state index in [0.29, 0.717) is 23.3 Å². The van der Waals surface area contributed by atoms with Crippen molar-refractivity contribution in [3.05, 3.63) is 48.8 Å². The molecule has 0 saturated carbocycles. The highest BCUT2D eigenvalue weighted by atomic mass is 16.4. The highest BCUT2D eigenvalue weighted by molar-refractivity contribution is 5.92. The standard InChI is InChI=1S/C9H10N6O2.C8H10N6/c1-11-6-2-7(13-4-12-6)15-8(10)5(3-14-15)9(16)17;1-10-7-4-8(12-5-11-7)14-6(9)2-3-13-14/h2-4H,10H2,1H3,(H,16,17)(H,11,12,13);2-5H,9H2,1H3,(H,10,11,12). The molecule has 0 fully saturated rings. The van der Waals surface area contributed by atoms with Gasteiger partial charge in [-0.05, 0) is 0 Å². The van der Waals surface area contributed by atoms with E-state index in [1.165, 1.54) is 23.5 Å². The average molecular weight is 424 g/mol. The van der Waals surface area contributed by atoms with Crippen molar-refractivity contribution >= 4 is 29.2 Å². The van der Waals surface area contributed by atoms with Gasteiger partial charge in [0.25, 0.3) is 0 Å². The molecule has 0 saturated heterocycles. The highest BCUT2D eigenvalue weighted by Gasteiger charge is 2.15. The second-order valence-corrected chi connectivity index (χ2v) is 5.85. The maximum Gasteiger partial charge on any atom is 0.341 e. The molecule has 0 aliphatic carbocycles. The first kappa shape index (κ1) is 21.0. The Hall–Kier alpha value is -4.75. The summed E-state index contributed by atoms with van der Waals surface area (Å²) >= 11 is 0. The first-order valence-electron chi connectivity index (χ1n) is 8.81. The van der Waals surface area contributed by atoms with Crippen LogP contribution in [0.3, 0.4) is 0 Å². The molecule has 0 aromatic carbocycles. The Morgan fingerprint density at radius 3 is 1.97 bits per heavy atom. The number of nitrogens with one attached hydrogen (secondary N) is 2. The van der Waals surface area contributed by atoms with Gasteiger partial charge in [0.15, 0.2) is 11.6 Å². The number of hydrogen-bond donors (Lipinski definition) is 5. The van der Waals surface area contributed by atoms with Crippen molar-refractivity contribution in [1.29, 1.82) is 0 Å². The third-order valence-corrected chi connectivity index (χ3v) is 3.96. The molecule has 160 valence electrons. The maximum atomic E-state index is 10.8. The van der Waals surface area contributed by atoms with Crippen molar-refractivity contribution in [2.45, 2.75) is 0 Å². The Bertz CT molecular complexity index is 1190. The maximum absolute atomic E-state index is 10.8. The van der Waals surface area contributed by atoms with Crippen LogP contribution in [0.1, 0.15) is 10.4 Å². The van der Waals surface area contributed by atoms with Gasteiger partial charge in [0.1, 0.15) is 41.5 Å². The van der Waals surface area contributed by atoms with Crippen LogP contribution in [0, 0.1) is 0 Å². The molecule has 4 aromatic heterocycles. The number of nitrogens with zero attached hydrogens (tertiary/aromatic N) is 8. The third-order valence-electron chi connectivity index (χ3n) is 3.96. The molecule has 4 heterocycles. The van der Waals surface area contributed by atoms with Gasteiger partial charge in [0.2, 0.25) is 0 Å². The fourth-order valence-corrected chi connectivity index (χ4v) is 2.41. The summed E-state index contributed by atoms with van der Waals surface area (Å²) in [5.41, 5.74) is 11.3. The molecule has 0 bridgehead atoms. The molecule has 4 aromatic rings. The Labute approximate surface area is 176 Å². The average Bonchev–Trinajstić information content (AvgIpc) is 3.39. The molecular weight excluding hydrogens is 404 g/mol. The van der Waals surface area contributed by atoms with Crippen LogP contribution in [0.15, 0.2) is 43.2 Å². The van der Waals surface area contributed by atoms with Gasteiger partial charge in [-0.3, -0.25) is 0 Å². The summed E-state index contributed by atoms with van der Waals surface area (Å²) in [5, 5.41) is 22.5. The molecule has 0 atom stereocenters. The van der Waals surface area contributed by atoms with E-state index in [0.717, 1.165) is 5.82 Å². The summed E-state index contributed by atoms with van der Waals surface area (Å²) in [7, 11) is 3.50. The van der Waals surface area contributed by atoms with Crippen molar-refractivity contribution in [1.82, 2.24) is 39.5 Å². The highest BCUT2D eigenvalue weighted by Crippen LogP contribution is 2.16. The van der Waals surface area contributed by atoms with Gasteiger partial charge in [0, 0.05) is 32.3 Å². The molecule has 14 nitrogen and oxygen atoms in total. The predicted molar refractivity (Wildman–Crippen MR) is 113 cm³/mol. The minimum absolute atomic E-state index is 0.0262. The molecule has 0 amide bonds. The molecule has 14 heteroatoms. The zero-order chi connectivity index (χ0) is 22.4. The van der Waals surface area contributed by atoms with Gasteiger partial charge in [0.05, 0.1) is 12.4 Å². The van der Waals surface area contributed by atoms with E-state index in [9.17, 15) is 4.79 Å². The van der Waals surface area contributed by atoms with Gasteiger partial charge in [-0.1, -0.05) is 0 Å². The van der Waals surface area contributed by atoms with Gasteiger partial charge in [-0.25, -0.2) is 24.7 Å². The lowest BCUT2D eigenvalue weighted by molar-refractivity contribution is 0.0698. The topological polar surface area (TPSA) is 201 Å². The molecule has 0 aliphatic rings. The smallest absolute Gasteiger partial charge is 0.341 e. The lowest BCUT2D eigenvalue weighted by Gasteiger charge is -2.04. The van der Waals surface area contributed by atoms with Crippen LogP contribution in [0.2, 0.25) is 0 Å². The normalized spacial score (nSPS) is 10.1. The SMILES string of the molecule is CNc1cc(-n2ncc(C(=O)O)c2N)ncn1.CNc1cc(-n2nccc2N)ncn1. The van der Waals surface area contributed by atoms with Crippen LogP contribution in [-0.4, -0.2) is 64.7 Å². The molecule has 0 spiro atoms. The zero-order valence-electron chi connectivity index (χ0n) is 16.6. The van der Waals surface area contributed by atoms with Gasteiger partial charge >= 0.3 is 5.97 Å². The number of carbonyl (C=O) groups is 1. The summed E-state index contributed by atoms with van der Waals surface area (Å²) in [5.74, 6) is 1.80. The Balaban J connectivity index is 0.000000179. The first-order chi connectivity index (χ1) is 14.9. The number of nitrogens with two attached hydrogens (primary N) is 2. The van der Waals surface area contributed by atoms with E-state index < -0.39 is 5.97 Å². The lowest BCUT2D eigenvalue weighted by Crippen LogP contribution is -2.08. The van der Waals surface area contributed by atoms with E-state index in [-0.39, 0.29) is 11.4 Å².